The van der Waals surface area contributed by atoms with Gasteiger partial charge in [0.05, 0.1) is 24.1 Å². The zero-order valence-electron chi connectivity index (χ0n) is 27.3. The topological polar surface area (TPSA) is 57.2 Å². The molecule has 0 radical (unpaired) electrons. The Labute approximate surface area is 286 Å². The Morgan fingerprint density at radius 3 is 2.43 bits per heavy atom. The van der Waals surface area contributed by atoms with E-state index in [9.17, 15) is 9.18 Å². The second-order valence-corrected chi connectivity index (χ2v) is 14.0. The molecule has 6 rings (SSSR count). The van der Waals surface area contributed by atoms with Crippen molar-refractivity contribution in [2.75, 3.05) is 34.2 Å². The molecule has 1 aliphatic rings. The summed E-state index contributed by atoms with van der Waals surface area (Å²) in [6, 6.07) is 20.3. The van der Waals surface area contributed by atoms with Crippen LogP contribution < -0.4 is 0 Å². The largest absolute Gasteiger partial charge is 0.351 e. The van der Waals surface area contributed by atoms with Gasteiger partial charge < -0.3 is 14.8 Å². The second-order valence-electron chi connectivity index (χ2n) is 13.1. The maximum Gasteiger partial charge on any atom is 0.182 e. The molecule has 2 heterocycles. The van der Waals surface area contributed by atoms with E-state index >= 15 is 0 Å². The summed E-state index contributed by atoms with van der Waals surface area (Å²) < 4.78 is 16.0. The molecule has 2 aromatic heterocycles. The molecule has 1 N–H and O–H groups in total. The summed E-state index contributed by atoms with van der Waals surface area (Å²) in [6.07, 6.45) is 7.73. The highest BCUT2D eigenvalue weighted by Gasteiger charge is 2.32. The van der Waals surface area contributed by atoms with Gasteiger partial charge in [-0.15, -0.1) is 0 Å². The third-order valence-electron chi connectivity index (χ3n) is 9.53. The monoisotopic (exact) mass is 673 g/mol. The first kappa shape index (κ1) is 33.4. The van der Waals surface area contributed by atoms with Gasteiger partial charge in [-0.1, -0.05) is 60.0 Å². The molecule has 3 aromatic carbocycles. The molecule has 1 unspecified atom stereocenters. The van der Waals surface area contributed by atoms with Crippen LogP contribution in [0.4, 0.5) is 4.39 Å². The SMILES string of the molecule is CN(C)CCCN(C)[C@H]1CCCC(C(=O)c2[nH]c3cc(Cl)ccc3c2-c2c(-c3ccc(F)cc3)cnn2Cc2ccc(Cl)cc2)CC1. The lowest BCUT2D eigenvalue weighted by Gasteiger charge is -2.27. The van der Waals surface area contributed by atoms with Crippen LogP contribution in [0.1, 0.15) is 54.6 Å². The van der Waals surface area contributed by atoms with Gasteiger partial charge in [-0.25, -0.2) is 4.39 Å². The maximum absolute atomic E-state index is 14.7. The van der Waals surface area contributed by atoms with Crippen molar-refractivity contribution in [3.63, 3.8) is 0 Å². The molecule has 1 aliphatic carbocycles. The highest BCUT2D eigenvalue weighted by molar-refractivity contribution is 6.31. The number of fused-ring (bicyclic) bond motifs is 1. The smallest absolute Gasteiger partial charge is 0.182 e. The van der Waals surface area contributed by atoms with Crippen molar-refractivity contribution in [2.45, 2.75) is 51.1 Å². The van der Waals surface area contributed by atoms with E-state index in [1.165, 1.54) is 12.1 Å². The number of rotatable bonds is 11. The van der Waals surface area contributed by atoms with Crippen LogP contribution in [0.2, 0.25) is 10.0 Å². The molecule has 0 spiro atoms. The Bertz CT molecular complexity index is 1830. The summed E-state index contributed by atoms with van der Waals surface area (Å²) >= 11 is 12.7. The minimum atomic E-state index is -0.309. The molecule has 1 saturated carbocycles. The van der Waals surface area contributed by atoms with Crippen molar-refractivity contribution in [1.82, 2.24) is 24.6 Å². The number of carbonyl (C=O) groups is 1. The van der Waals surface area contributed by atoms with Crippen molar-refractivity contribution in [3.05, 3.63) is 100 Å². The summed E-state index contributed by atoms with van der Waals surface area (Å²) in [4.78, 5) is 22.9. The van der Waals surface area contributed by atoms with Crippen LogP contribution in [-0.4, -0.2) is 70.6 Å². The average molecular weight is 675 g/mol. The standard InChI is InChI=1S/C38H42Cl2FN5O/c1-44(2)20-5-21-45(3)31-7-4-6-27(12-18-31)38(47)36-35(32-19-15-29(40)22-34(32)43-36)37-33(26-10-16-30(41)17-11-26)23-42-46(37)24-25-8-13-28(39)14-9-25/h8-11,13-17,19,22-23,27,31,43H,4-7,12,18,20-21,24H2,1-3H3/t27?,31-/m0/s1. The number of hydrogen-bond donors (Lipinski definition) is 1. The van der Waals surface area contributed by atoms with E-state index in [1.807, 2.05) is 53.3 Å². The molecule has 246 valence electrons. The molecule has 6 nitrogen and oxygen atoms in total. The normalized spacial score (nSPS) is 17.1. The number of carbonyl (C=O) groups excluding carboxylic acids is 1. The van der Waals surface area contributed by atoms with E-state index in [1.54, 1.807) is 12.1 Å². The maximum atomic E-state index is 14.7. The number of aromatic amines is 1. The summed E-state index contributed by atoms with van der Waals surface area (Å²) in [5.74, 6) is -0.289. The molecule has 47 heavy (non-hydrogen) atoms. The third kappa shape index (κ3) is 7.65. The third-order valence-corrected chi connectivity index (χ3v) is 10.0. The lowest BCUT2D eigenvalue weighted by atomic mass is 9.90. The number of nitrogens with one attached hydrogen (secondary N) is 1. The van der Waals surface area contributed by atoms with Crippen LogP contribution in [0, 0.1) is 11.7 Å². The fourth-order valence-electron chi connectivity index (χ4n) is 6.98. The van der Waals surface area contributed by atoms with Crippen LogP contribution >= 0.6 is 23.2 Å². The first-order chi connectivity index (χ1) is 22.7. The summed E-state index contributed by atoms with van der Waals surface area (Å²) in [5.41, 5.74) is 5.64. The number of halogens is 3. The average Bonchev–Trinajstić information content (AvgIpc) is 3.52. The van der Waals surface area contributed by atoms with Crippen LogP contribution in [0.5, 0.6) is 0 Å². The Hall–Kier alpha value is -3.49. The van der Waals surface area contributed by atoms with Gasteiger partial charge in [-0.3, -0.25) is 9.48 Å². The van der Waals surface area contributed by atoms with Crippen LogP contribution in [0.3, 0.4) is 0 Å². The summed E-state index contributed by atoms with van der Waals surface area (Å²) in [5, 5.41) is 6.98. The lowest BCUT2D eigenvalue weighted by Crippen LogP contribution is -2.33. The minimum Gasteiger partial charge on any atom is -0.351 e. The Morgan fingerprint density at radius 2 is 1.68 bits per heavy atom. The molecule has 0 aliphatic heterocycles. The number of H-pyrrole nitrogens is 1. The van der Waals surface area contributed by atoms with Gasteiger partial charge in [0.1, 0.15) is 5.82 Å². The first-order valence-electron chi connectivity index (χ1n) is 16.4. The molecule has 0 bridgehead atoms. The highest BCUT2D eigenvalue weighted by Crippen LogP contribution is 2.42. The highest BCUT2D eigenvalue weighted by atomic mass is 35.5. The number of Topliss-reactive ketones (excluding diaryl/α,β-unsaturated/α-hetero) is 1. The Balaban J connectivity index is 1.40. The number of hydrogen-bond acceptors (Lipinski definition) is 4. The van der Waals surface area contributed by atoms with Crippen LogP contribution in [0.15, 0.2) is 72.9 Å². The lowest BCUT2D eigenvalue weighted by molar-refractivity contribution is 0.0902. The van der Waals surface area contributed by atoms with Gasteiger partial charge >= 0.3 is 0 Å². The van der Waals surface area contributed by atoms with Crippen molar-refractivity contribution in [2.24, 2.45) is 5.92 Å². The zero-order chi connectivity index (χ0) is 33.1. The van der Waals surface area contributed by atoms with Gasteiger partial charge in [0.15, 0.2) is 5.78 Å². The summed E-state index contributed by atoms with van der Waals surface area (Å²) in [7, 11) is 6.45. The van der Waals surface area contributed by atoms with E-state index in [4.69, 9.17) is 28.3 Å². The van der Waals surface area contributed by atoms with Crippen molar-refractivity contribution in [3.8, 4) is 22.4 Å². The Morgan fingerprint density at radius 1 is 0.936 bits per heavy atom. The van der Waals surface area contributed by atoms with Crippen molar-refractivity contribution >= 4 is 39.9 Å². The fraction of sp³-hybridized carbons (Fsp3) is 0.368. The first-order valence-corrected chi connectivity index (χ1v) is 17.2. The molecule has 5 aromatic rings. The van der Waals surface area contributed by atoms with Gasteiger partial charge in [0, 0.05) is 44.0 Å². The van der Waals surface area contributed by atoms with Gasteiger partial charge in [0.25, 0.3) is 0 Å². The molecule has 9 heteroatoms. The van der Waals surface area contributed by atoms with E-state index < -0.39 is 0 Å². The van der Waals surface area contributed by atoms with Gasteiger partial charge in [-0.05, 0) is 114 Å². The molecule has 0 amide bonds. The van der Waals surface area contributed by atoms with E-state index in [0.717, 1.165) is 90.5 Å². The molecular formula is C38H42Cl2FN5O. The van der Waals surface area contributed by atoms with Gasteiger partial charge in [-0.2, -0.15) is 5.10 Å². The molecule has 2 atom stereocenters. The molecule has 1 fully saturated rings. The predicted molar refractivity (Wildman–Crippen MR) is 191 cm³/mol. The zero-order valence-corrected chi connectivity index (χ0v) is 28.8. The summed E-state index contributed by atoms with van der Waals surface area (Å²) in [6.45, 7) is 2.59. The van der Waals surface area contributed by atoms with Crippen LogP contribution in [-0.2, 0) is 6.54 Å². The second kappa shape index (κ2) is 14.7. The van der Waals surface area contributed by atoms with Crippen molar-refractivity contribution < 1.29 is 9.18 Å². The number of aromatic nitrogens is 3. The van der Waals surface area contributed by atoms with Gasteiger partial charge in [0.2, 0.25) is 0 Å². The number of benzene rings is 3. The van der Waals surface area contributed by atoms with E-state index in [0.29, 0.717) is 28.3 Å². The quantitative estimate of drug-likeness (QED) is 0.112. The van der Waals surface area contributed by atoms with Crippen LogP contribution in [0.25, 0.3) is 33.3 Å². The number of ketones is 1. The number of nitrogens with zero attached hydrogens (tertiary/aromatic N) is 4. The minimum absolute atomic E-state index is 0.0978. The van der Waals surface area contributed by atoms with E-state index in [2.05, 4.69) is 35.9 Å². The Kier molecular flexibility index (Phi) is 10.5. The molecular weight excluding hydrogens is 632 g/mol. The molecule has 0 saturated heterocycles. The van der Waals surface area contributed by atoms with E-state index in [-0.39, 0.29) is 17.5 Å². The fourth-order valence-corrected chi connectivity index (χ4v) is 7.28. The predicted octanol–water partition coefficient (Wildman–Crippen LogP) is 9.21. The van der Waals surface area contributed by atoms with Crippen molar-refractivity contribution in [1.29, 1.82) is 0 Å².